The molecular formula is C14H16FN3. The van der Waals surface area contributed by atoms with Crippen LogP contribution in [0, 0.1) is 12.7 Å². The lowest BCUT2D eigenvalue weighted by atomic mass is 9.99. The minimum atomic E-state index is -0.342. The van der Waals surface area contributed by atoms with Gasteiger partial charge in [0.25, 0.3) is 0 Å². The number of nitrogens with one attached hydrogen (secondary N) is 1. The smallest absolute Gasteiger partial charge is 0.141 e. The van der Waals surface area contributed by atoms with Crippen LogP contribution < -0.4 is 11.3 Å². The molecule has 94 valence electrons. The van der Waals surface area contributed by atoms with Crippen LogP contribution in [0.3, 0.4) is 0 Å². The number of aromatic nitrogens is 1. The fourth-order valence-corrected chi connectivity index (χ4v) is 1.90. The topological polar surface area (TPSA) is 50.9 Å². The molecule has 1 aromatic carbocycles. The van der Waals surface area contributed by atoms with Gasteiger partial charge < -0.3 is 0 Å². The van der Waals surface area contributed by atoms with Crippen molar-refractivity contribution in [2.75, 3.05) is 0 Å². The third-order valence-corrected chi connectivity index (χ3v) is 2.99. The summed E-state index contributed by atoms with van der Waals surface area (Å²) in [5, 5.41) is 0. The van der Waals surface area contributed by atoms with Gasteiger partial charge in [0, 0.05) is 0 Å². The summed E-state index contributed by atoms with van der Waals surface area (Å²) in [6.07, 6.45) is 1.93. The molecule has 0 amide bonds. The second-order valence-corrected chi connectivity index (χ2v) is 4.25. The molecule has 0 spiro atoms. The zero-order valence-electron chi connectivity index (χ0n) is 10.2. The van der Waals surface area contributed by atoms with E-state index >= 15 is 0 Å². The molecule has 0 bridgehead atoms. The van der Waals surface area contributed by atoms with Crippen molar-refractivity contribution in [3.05, 3.63) is 65.2 Å². The molecule has 2 aromatic rings. The minimum absolute atomic E-state index is 0.119. The van der Waals surface area contributed by atoms with Gasteiger partial charge in [0.1, 0.15) is 5.82 Å². The first-order chi connectivity index (χ1) is 8.70. The summed E-state index contributed by atoms with van der Waals surface area (Å²) in [5.74, 6) is 5.21. The average Bonchev–Trinajstić information content (AvgIpc) is 2.39. The second-order valence-electron chi connectivity index (χ2n) is 4.25. The van der Waals surface area contributed by atoms with E-state index in [0.29, 0.717) is 0 Å². The quantitative estimate of drug-likeness (QED) is 0.642. The lowest BCUT2D eigenvalue weighted by Crippen LogP contribution is -2.30. The Morgan fingerprint density at radius 3 is 2.67 bits per heavy atom. The summed E-state index contributed by atoms with van der Waals surface area (Å²) in [6.45, 7) is 2.06. The zero-order valence-corrected chi connectivity index (χ0v) is 10.2. The first-order valence-electron chi connectivity index (χ1n) is 5.83. The fraction of sp³-hybridized carbons (Fsp3) is 0.214. The number of aryl methyl sites for hydroxylation is 1. The molecule has 1 unspecified atom stereocenters. The van der Waals surface area contributed by atoms with E-state index in [-0.39, 0.29) is 11.9 Å². The van der Waals surface area contributed by atoms with Crippen LogP contribution in [0.15, 0.2) is 42.6 Å². The number of nitrogens with two attached hydrogens (primary N) is 1. The lowest BCUT2D eigenvalue weighted by molar-refractivity contribution is 0.532. The Balaban J connectivity index is 2.20. The molecule has 0 aliphatic heterocycles. The Bertz CT molecular complexity index is 511. The fourth-order valence-electron chi connectivity index (χ4n) is 1.90. The van der Waals surface area contributed by atoms with Crippen LogP contribution in [-0.4, -0.2) is 4.98 Å². The Morgan fingerprint density at radius 1 is 1.28 bits per heavy atom. The van der Waals surface area contributed by atoms with Crippen molar-refractivity contribution in [3.63, 3.8) is 0 Å². The van der Waals surface area contributed by atoms with Crippen LogP contribution >= 0.6 is 0 Å². The molecule has 4 heteroatoms. The Kier molecular flexibility index (Phi) is 4.02. The molecule has 3 N–H and O–H groups in total. The van der Waals surface area contributed by atoms with Gasteiger partial charge in [-0.05, 0) is 36.6 Å². The predicted octanol–water partition coefficient (Wildman–Crippen LogP) is 2.28. The molecule has 0 radical (unpaired) electrons. The van der Waals surface area contributed by atoms with Crippen LogP contribution in [-0.2, 0) is 6.42 Å². The molecule has 2 rings (SSSR count). The van der Waals surface area contributed by atoms with Gasteiger partial charge >= 0.3 is 0 Å². The largest absolute Gasteiger partial charge is 0.271 e. The maximum Gasteiger partial charge on any atom is 0.141 e. The normalized spacial score (nSPS) is 12.4. The molecule has 0 aliphatic carbocycles. The van der Waals surface area contributed by atoms with E-state index in [9.17, 15) is 4.39 Å². The molecule has 0 saturated carbocycles. The van der Waals surface area contributed by atoms with Gasteiger partial charge in [0.05, 0.1) is 17.9 Å². The highest BCUT2D eigenvalue weighted by atomic mass is 19.1. The first-order valence-corrected chi connectivity index (χ1v) is 5.83. The molecule has 0 fully saturated rings. The third kappa shape index (κ3) is 2.91. The van der Waals surface area contributed by atoms with Crippen LogP contribution in [0.5, 0.6) is 0 Å². The van der Waals surface area contributed by atoms with Gasteiger partial charge in [0.2, 0.25) is 0 Å². The second kappa shape index (κ2) is 5.71. The van der Waals surface area contributed by atoms with Crippen molar-refractivity contribution in [1.82, 2.24) is 10.4 Å². The van der Waals surface area contributed by atoms with E-state index in [1.165, 1.54) is 23.4 Å². The molecule has 1 atom stereocenters. The van der Waals surface area contributed by atoms with Crippen LogP contribution in [0.25, 0.3) is 0 Å². The molecule has 1 heterocycles. The van der Waals surface area contributed by atoms with Crippen LogP contribution in [0.4, 0.5) is 4.39 Å². The van der Waals surface area contributed by atoms with Crippen molar-refractivity contribution in [3.8, 4) is 0 Å². The van der Waals surface area contributed by atoms with Gasteiger partial charge in [-0.15, -0.1) is 0 Å². The van der Waals surface area contributed by atoms with Crippen molar-refractivity contribution < 1.29 is 4.39 Å². The molecule has 0 aliphatic rings. The predicted molar refractivity (Wildman–Crippen MR) is 69.1 cm³/mol. The maximum atomic E-state index is 12.8. The Morgan fingerprint density at radius 2 is 2.06 bits per heavy atom. The number of pyridine rings is 1. The number of nitrogens with zero attached hydrogens (tertiary/aromatic N) is 1. The van der Waals surface area contributed by atoms with Crippen molar-refractivity contribution in [2.45, 2.75) is 19.4 Å². The third-order valence-electron chi connectivity index (χ3n) is 2.99. The Hall–Kier alpha value is -1.78. The number of hydrogen-bond acceptors (Lipinski definition) is 3. The highest BCUT2D eigenvalue weighted by molar-refractivity contribution is 5.27. The number of benzene rings is 1. The molecular weight excluding hydrogens is 229 g/mol. The summed E-state index contributed by atoms with van der Waals surface area (Å²) in [7, 11) is 0. The van der Waals surface area contributed by atoms with E-state index in [0.717, 1.165) is 12.1 Å². The molecule has 0 saturated heterocycles. The molecule has 1 aromatic heterocycles. The average molecular weight is 245 g/mol. The summed E-state index contributed by atoms with van der Waals surface area (Å²) < 4.78 is 12.8. The molecule has 3 nitrogen and oxygen atoms in total. The summed E-state index contributed by atoms with van der Waals surface area (Å²) in [4.78, 5) is 4.06. The van der Waals surface area contributed by atoms with E-state index < -0.39 is 0 Å². The zero-order chi connectivity index (χ0) is 13.0. The summed E-state index contributed by atoms with van der Waals surface area (Å²) in [6, 6.07) is 11.0. The van der Waals surface area contributed by atoms with E-state index in [4.69, 9.17) is 5.84 Å². The minimum Gasteiger partial charge on any atom is -0.271 e. The van der Waals surface area contributed by atoms with Crippen LogP contribution in [0.2, 0.25) is 0 Å². The standard InChI is InChI=1S/C14H16FN3/c1-10-4-2-3-5-11(10)8-14(18-16)13-7-6-12(15)9-17-13/h2-7,9,14,18H,8,16H2,1H3. The van der Waals surface area contributed by atoms with Crippen molar-refractivity contribution in [2.24, 2.45) is 5.84 Å². The van der Waals surface area contributed by atoms with Crippen molar-refractivity contribution >= 4 is 0 Å². The van der Waals surface area contributed by atoms with E-state index in [2.05, 4.69) is 29.5 Å². The number of hydrogen-bond donors (Lipinski definition) is 2. The monoisotopic (exact) mass is 245 g/mol. The SMILES string of the molecule is Cc1ccccc1CC(NN)c1ccc(F)cn1. The number of hydrazine groups is 1. The van der Waals surface area contributed by atoms with Gasteiger partial charge in [-0.2, -0.15) is 0 Å². The summed E-state index contributed by atoms with van der Waals surface area (Å²) >= 11 is 0. The van der Waals surface area contributed by atoms with Gasteiger partial charge in [0.15, 0.2) is 0 Å². The van der Waals surface area contributed by atoms with Gasteiger partial charge in [-0.1, -0.05) is 24.3 Å². The first kappa shape index (κ1) is 12.7. The van der Waals surface area contributed by atoms with Gasteiger partial charge in [-0.25, -0.2) is 4.39 Å². The highest BCUT2D eigenvalue weighted by Crippen LogP contribution is 2.18. The number of rotatable bonds is 4. The Labute approximate surface area is 106 Å². The number of halogens is 1. The van der Waals surface area contributed by atoms with Crippen molar-refractivity contribution in [1.29, 1.82) is 0 Å². The lowest BCUT2D eigenvalue weighted by Gasteiger charge is -2.16. The van der Waals surface area contributed by atoms with E-state index in [1.54, 1.807) is 6.07 Å². The molecule has 18 heavy (non-hydrogen) atoms. The van der Waals surface area contributed by atoms with Gasteiger partial charge in [-0.3, -0.25) is 16.3 Å². The van der Waals surface area contributed by atoms with Crippen LogP contribution in [0.1, 0.15) is 22.9 Å². The summed E-state index contributed by atoms with van der Waals surface area (Å²) in [5.41, 5.74) is 5.88. The highest BCUT2D eigenvalue weighted by Gasteiger charge is 2.13. The van der Waals surface area contributed by atoms with E-state index in [1.807, 2.05) is 12.1 Å². The maximum absolute atomic E-state index is 12.8.